The van der Waals surface area contributed by atoms with Gasteiger partial charge in [-0.25, -0.2) is 4.98 Å². The number of thioether (sulfide) groups is 1. The molecule has 0 aliphatic heterocycles. The van der Waals surface area contributed by atoms with E-state index in [0.29, 0.717) is 11.9 Å². The molecule has 4 nitrogen and oxygen atoms in total. The van der Waals surface area contributed by atoms with Crippen molar-refractivity contribution < 1.29 is 5.11 Å². The largest absolute Gasteiger partial charge is 0.396 e. The number of aliphatic hydroxyl groups excluding tert-OH is 1. The Morgan fingerprint density at radius 1 is 1.30 bits per heavy atom. The lowest BCUT2D eigenvalue weighted by Crippen LogP contribution is -2.23. The molecule has 0 amide bonds. The molecule has 0 unspecified atom stereocenters. The second-order valence-corrected chi connectivity index (χ2v) is 5.71. The van der Waals surface area contributed by atoms with Gasteiger partial charge in [-0.05, 0) is 31.4 Å². The molecule has 5 heteroatoms. The van der Waals surface area contributed by atoms with Gasteiger partial charge >= 0.3 is 0 Å². The third kappa shape index (κ3) is 3.41. The second-order valence-electron chi connectivity index (χ2n) is 4.65. The van der Waals surface area contributed by atoms with Crippen molar-refractivity contribution in [2.45, 2.75) is 37.9 Å². The number of nitrogens with zero attached hydrogens (tertiary/aromatic N) is 2. The minimum Gasteiger partial charge on any atom is -0.396 e. The Bertz CT molecular complexity index is 625. The molecule has 2 aromatic rings. The maximum Gasteiger partial charge on any atom is 0.262 e. The molecule has 108 valence electrons. The zero-order valence-electron chi connectivity index (χ0n) is 11.7. The van der Waals surface area contributed by atoms with E-state index in [1.165, 1.54) is 0 Å². The van der Waals surface area contributed by atoms with Crippen molar-refractivity contribution in [3.8, 4) is 0 Å². The molecule has 0 aliphatic rings. The smallest absolute Gasteiger partial charge is 0.262 e. The number of rotatable bonds is 7. The van der Waals surface area contributed by atoms with Gasteiger partial charge in [0.2, 0.25) is 0 Å². The third-order valence-electron chi connectivity index (χ3n) is 3.06. The standard InChI is InChI=1S/C15H20N2O2S/c1-2-9-17-14(19)12-7-3-4-8-13(12)16-15(17)20-11-6-5-10-18/h3-4,7-8,18H,2,5-6,9-11H2,1H3. The van der Waals surface area contributed by atoms with Crippen molar-refractivity contribution in [1.82, 2.24) is 9.55 Å². The number of hydrogen-bond acceptors (Lipinski definition) is 4. The van der Waals surface area contributed by atoms with Crippen molar-refractivity contribution in [1.29, 1.82) is 0 Å². The zero-order chi connectivity index (χ0) is 14.4. The summed E-state index contributed by atoms with van der Waals surface area (Å²) in [5.74, 6) is 0.870. The van der Waals surface area contributed by atoms with Crippen LogP contribution in [-0.2, 0) is 6.54 Å². The fraction of sp³-hybridized carbons (Fsp3) is 0.467. The lowest BCUT2D eigenvalue weighted by molar-refractivity contribution is 0.287. The number of aromatic nitrogens is 2. The Morgan fingerprint density at radius 2 is 2.10 bits per heavy atom. The van der Waals surface area contributed by atoms with Crippen molar-refractivity contribution >= 4 is 22.7 Å². The van der Waals surface area contributed by atoms with Gasteiger partial charge in [0, 0.05) is 18.9 Å². The first-order valence-corrected chi connectivity index (χ1v) is 7.99. The molecule has 1 heterocycles. The van der Waals surface area contributed by atoms with E-state index in [1.807, 2.05) is 24.3 Å². The first-order chi connectivity index (χ1) is 9.77. The highest BCUT2D eigenvalue weighted by molar-refractivity contribution is 7.99. The monoisotopic (exact) mass is 292 g/mol. The van der Waals surface area contributed by atoms with Crippen LogP contribution in [0.2, 0.25) is 0 Å². The topological polar surface area (TPSA) is 55.1 Å². The summed E-state index contributed by atoms with van der Waals surface area (Å²) in [4.78, 5) is 17.1. The first kappa shape index (κ1) is 15.1. The van der Waals surface area contributed by atoms with E-state index < -0.39 is 0 Å². The van der Waals surface area contributed by atoms with Gasteiger partial charge in [-0.3, -0.25) is 9.36 Å². The predicted molar refractivity (Wildman–Crippen MR) is 83.3 cm³/mol. The molecule has 2 rings (SSSR count). The van der Waals surface area contributed by atoms with E-state index in [1.54, 1.807) is 16.3 Å². The lowest BCUT2D eigenvalue weighted by Gasteiger charge is -2.12. The van der Waals surface area contributed by atoms with Crippen LogP contribution in [0.25, 0.3) is 10.9 Å². The Labute approximate surface area is 122 Å². The molecule has 0 atom stereocenters. The summed E-state index contributed by atoms with van der Waals surface area (Å²) in [7, 11) is 0. The van der Waals surface area contributed by atoms with Crippen LogP contribution in [0.1, 0.15) is 26.2 Å². The highest BCUT2D eigenvalue weighted by Gasteiger charge is 2.10. The first-order valence-electron chi connectivity index (χ1n) is 7.01. The van der Waals surface area contributed by atoms with Gasteiger partial charge in [-0.1, -0.05) is 30.8 Å². The Morgan fingerprint density at radius 3 is 2.85 bits per heavy atom. The fourth-order valence-electron chi connectivity index (χ4n) is 2.06. The molecule has 0 aliphatic carbocycles. The highest BCUT2D eigenvalue weighted by Crippen LogP contribution is 2.19. The Kier molecular flexibility index (Phi) is 5.61. The van der Waals surface area contributed by atoms with Crippen LogP contribution in [0.5, 0.6) is 0 Å². The molecule has 1 aromatic carbocycles. The number of para-hydroxylation sites is 1. The van der Waals surface area contributed by atoms with Crippen molar-refractivity contribution in [2.75, 3.05) is 12.4 Å². The maximum atomic E-state index is 12.5. The summed E-state index contributed by atoms with van der Waals surface area (Å²) in [6, 6.07) is 7.48. The minimum absolute atomic E-state index is 0.0436. The maximum absolute atomic E-state index is 12.5. The van der Waals surface area contributed by atoms with E-state index in [2.05, 4.69) is 11.9 Å². The quantitative estimate of drug-likeness (QED) is 0.484. The molecule has 1 N–H and O–H groups in total. The average Bonchev–Trinajstić information content (AvgIpc) is 2.47. The molecule has 20 heavy (non-hydrogen) atoms. The summed E-state index contributed by atoms with van der Waals surface area (Å²) in [5, 5.41) is 10.3. The van der Waals surface area contributed by atoms with E-state index in [4.69, 9.17) is 5.11 Å². The molecule has 0 bridgehead atoms. The summed E-state index contributed by atoms with van der Waals surface area (Å²) in [6.07, 6.45) is 2.62. The van der Waals surface area contributed by atoms with Crippen LogP contribution in [-0.4, -0.2) is 27.0 Å². The fourth-order valence-corrected chi connectivity index (χ4v) is 3.08. The Hall–Kier alpha value is -1.33. The summed E-state index contributed by atoms with van der Waals surface area (Å²) in [6.45, 7) is 2.97. The molecule has 0 fully saturated rings. The van der Waals surface area contributed by atoms with Crippen LogP contribution in [0, 0.1) is 0 Å². The van der Waals surface area contributed by atoms with E-state index >= 15 is 0 Å². The van der Waals surface area contributed by atoms with Crippen molar-refractivity contribution in [3.05, 3.63) is 34.6 Å². The number of aliphatic hydroxyl groups is 1. The van der Waals surface area contributed by atoms with Gasteiger partial charge in [0.25, 0.3) is 5.56 Å². The van der Waals surface area contributed by atoms with E-state index in [-0.39, 0.29) is 12.2 Å². The van der Waals surface area contributed by atoms with Crippen LogP contribution in [0.3, 0.4) is 0 Å². The van der Waals surface area contributed by atoms with Gasteiger partial charge in [0.1, 0.15) is 0 Å². The van der Waals surface area contributed by atoms with Crippen LogP contribution in [0.4, 0.5) is 0 Å². The number of fused-ring (bicyclic) bond motifs is 1. The summed E-state index contributed by atoms with van der Waals surface area (Å²) < 4.78 is 1.77. The molecule has 0 spiro atoms. The predicted octanol–water partition coefficient (Wildman–Crippen LogP) is 2.67. The number of benzene rings is 1. The van der Waals surface area contributed by atoms with Crippen LogP contribution in [0.15, 0.2) is 34.2 Å². The van der Waals surface area contributed by atoms with Gasteiger partial charge in [-0.15, -0.1) is 0 Å². The average molecular weight is 292 g/mol. The van der Waals surface area contributed by atoms with Crippen molar-refractivity contribution in [2.24, 2.45) is 0 Å². The van der Waals surface area contributed by atoms with Crippen LogP contribution >= 0.6 is 11.8 Å². The van der Waals surface area contributed by atoms with Gasteiger partial charge in [0.15, 0.2) is 5.16 Å². The highest BCUT2D eigenvalue weighted by atomic mass is 32.2. The Balaban J connectivity index is 2.35. The van der Waals surface area contributed by atoms with Crippen LogP contribution < -0.4 is 5.56 Å². The van der Waals surface area contributed by atoms with Gasteiger partial charge < -0.3 is 5.11 Å². The number of hydrogen-bond donors (Lipinski definition) is 1. The molecular formula is C15H20N2O2S. The van der Waals surface area contributed by atoms with E-state index in [9.17, 15) is 4.79 Å². The SMILES string of the molecule is CCCn1c(SCCCCO)nc2ccccc2c1=O. The summed E-state index contributed by atoms with van der Waals surface area (Å²) in [5.41, 5.74) is 0.802. The number of unbranched alkanes of at least 4 members (excludes halogenated alkanes) is 1. The minimum atomic E-state index is 0.0436. The van der Waals surface area contributed by atoms with Gasteiger partial charge in [-0.2, -0.15) is 0 Å². The zero-order valence-corrected chi connectivity index (χ0v) is 12.5. The molecule has 0 saturated carbocycles. The molecule has 1 aromatic heterocycles. The second kappa shape index (κ2) is 7.45. The lowest BCUT2D eigenvalue weighted by atomic mass is 10.2. The van der Waals surface area contributed by atoms with Gasteiger partial charge in [0.05, 0.1) is 10.9 Å². The van der Waals surface area contributed by atoms with Crippen molar-refractivity contribution in [3.63, 3.8) is 0 Å². The molecule has 0 saturated heterocycles. The normalized spacial score (nSPS) is 11.1. The molecule has 0 radical (unpaired) electrons. The summed E-state index contributed by atoms with van der Waals surface area (Å²) >= 11 is 1.60. The van der Waals surface area contributed by atoms with E-state index in [0.717, 1.165) is 35.7 Å². The third-order valence-corrected chi connectivity index (χ3v) is 4.12. The molecular weight excluding hydrogens is 272 g/mol.